The fraction of sp³-hybridized carbons (Fsp3) is 0. The average molecular weight is 367 g/mol. The molecule has 0 N–H and O–H groups in total. The lowest BCUT2D eigenvalue weighted by atomic mass is 10.0. The number of rotatable bonds is 3. The van der Waals surface area contributed by atoms with Crippen molar-refractivity contribution in [1.82, 2.24) is 9.78 Å². The largest absolute Gasteiger partial charge is 0.330 e. The van der Waals surface area contributed by atoms with E-state index < -0.39 is 0 Å². The van der Waals surface area contributed by atoms with Gasteiger partial charge >= 0.3 is 4.87 Å². The quantitative estimate of drug-likeness (QED) is 0.507. The molecule has 4 nitrogen and oxygen atoms in total. The van der Waals surface area contributed by atoms with Crippen LogP contribution >= 0.6 is 22.9 Å². The summed E-state index contributed by atoms with van der Waals surface area (Å²) < 4.78 is 1.22. The van der Waals surface area contributed by atoms with Gasteiger partial charge in [-0.1, -0.05) is 54.1 Å². The van der Waals surface area contributed by atoms with Crippen LogP contribution in [0, 0.1) is 0 Å². The molecule has 1 aromatic heterocycles. The minimum Gasteiger partial charge on any atom is -0.286 e. The van der Waals surface area contributed by atoms with E-state index in [1.54, 1.807) is 30.3 Å². The van der Waals surface area contributed by atoms with Crippen molar-refractivity contribution in [2.24, 2.45) is 0 Å². The molecular weight excluding hydrogens is 356 g/mol. The van der Waals surface area contributed by atoms with E-state index in [-0.39, 0.29) is 15.7 Å². The molecule has 4 rings (SSSR count). The zero-order valence-corrected chi connectivity index (χ0v) is 14.4. The highest BCUT2D eigenvalue weighted by Gasteiger charge is 2.19. The summed E-state index contributed by atoms with van der Waals surface area (Å²) in [4.78, 5) is 24.8. The predicted octanol–water partition coefficient (Wildman–Crippen LogP) is 4.33. The smallest absolute Gasteiger partial charge is 0.286 e. The Balaban J connectivity index is 1.80. The summed E-state index contributed by atoms with van der Waals surface area (Å²) >= 11 is 6.71. The van der Waals surface area contributed by atoms with Gasteiger partial charge in [-0.05, 0) is 46.4 Å². The molecule has 0 fully saturated rings. The number of ketones is 1. The Hall–Kier alpha value is -2.76. The zero-order valence-electron chi connectivity index (χ0n) is 12.8. The second-order valence-electron chi connectivity index (χ2n) is 5.42. The summed E-state index contributed by atoms with van der Waals surface area (Å²) in [6, 6.07) is 19.9. The first-order chi connectivity index (χ1) is 12.1. The van der Waals surface area contributed by atoms with Gasteiger partial charge in [-0.15, -0.1) is 5.10 Å². The number of hydrogen-bond donors (Lipinski definition) is 0. The number of aromatic nitrogens is 2. The van der Waals surface area contributed by atoms with Crippen molar-refractivity contribution in [2.75, 3.05) is 0 Å². The van der Waals surface area contributed by atoms with E-state index in [4.69, 9.17) is 11.6 Å². The lowest BCUT2D eigenvalue weighted by Crippen LogP contribution is -2.12. The highest BCUT2D eigenvalue weighted by Crippen LogP contribution is 2.22. The normalized spacial score (nSPS) is 10.9. The maximum absolute atomic E-state index is 12.9. The highest BCUT2D eigenvalue weighted by molar-refractivity contribution is 7.11. The first-order valence-corrected chi connectivity index (χ1v) is 8.71. The Labute approximate surface area is 151 Å². The van der Waals surface area contributed by atoms with Gasteiger partial charge in [0.1, 0.15) is 0 Å². The van der Waals surface area contributed by atoms with Crippen LogP contribution in [0.3, 0.4) is 0 Å². The van der Waals surface area contributed by atoms with Gasteiger partial charge in [-0.25, -0.2) is 0 Å². The number of fused-ring (bicyclic) bond motifs is 1. The number of hydrogen-bond acceptors (Lipinski definition) is 4. The molecule has 122 valence electrons. The van der Waals surface area contributed by atoms with Crippen molar-refractivity contribution in [3.8, 4) is 5.69 Å². The van der Waals surface area contributed by atoms with Gasteiger partial charge in [0.05, 0.1) is 5.69 Å². The topological polar surface area (TPSA) is 52.0 Å². The molecule has 0 atom stereocenters. The Morgan fingerprint density at radius 2 is 1.68 bits per heavy atom. The molecule has 0 radical (unpaired) electrons. The van der Waals surface area contributed by atoms with Crippen LogP contribution in [-0.4, -0.2) is 15.6 Å². The van der Waals surface area contributed by atoms with E-state index >= 15 is 0 Å². The van der Waals surface area contributed by atoms with Crippen molar-refractivity contribution in [3.63, 3.8) is 0 Å². The standard InChI is InChI=1S/C19H11ClN2O2S/c20-13-8-10-14(11-9-13)22-19(24)25-18(21-22)17(23)16-7-3-5-12-4-1-2-6-15(12)16/h1-11H. The van der Waals surface area contributed by atoms with Crippen LogP contribution < -0.4 is 4.87 Å². The molecule has 0 aliphatic carbocycles. The molecule has 0 saturated carbocycles. The Morgan fingerprint density at radius 1 is 0.960 bits per heavy atom. The molecule has 0 amide bonds. The summed E-state index contributed by atoms with van der Waals surface area (Å²) in [5.41, 5.74) is 1.11. The fourth-order valence-electron chi connectivity index (χ4n) is 2.65. The van der Waals surface area contributed by atoms with Gasteiger partial charge in [0.15, 0.2) is 5.01 Å². The third-order valence-corrected chi connectivity index (χ3v) is 4.91. The molecular formula is C19H11ClN2O2S. The van der Waals surface area contributed by atoms with Crippen LogP contribution in [0.25, 0.3) is 16.5 Å². The van der Waals surface area contributed by atoms with E-state index in [1.807, 2.05) is 36.4 Å². The molecule has 4 aromatic rings. The first-order valence-electron chi connectivity index (χ1n) is 7.52. The maximum Gasteiger partial charge on any atom is 0.330 e. The van der Waals surface area contributed by atoms with Gasteiger partial charge in [0, 0.05) is 10.6 Å². The molecule has 0 spiro atoms. The van der Waals surface area contributed by atoms with Crippen LogP contribution in [0.15, 0.2) is 71.5 Å². The Morgan fingerprint density at radius 3 is 2.48 bits per heavy atom. The number of benzene rings is 3. The van der Waals surface area contributed by atoms with Crippen molar-refractivity contribution < 1.29 is 4.79 Å². The van der Waals surface area contributed by atoms with E-state index in [2.05, 4.69) is 5.10 Å². The summed E-state index contributed by atoms with van der Waals surface area (Å²) in [7, 11) is 0. The van der Waals surface area contributed by atoms with Crippen molar-refractivity contribution in [3.05, 3.63) is 92.0 Å². The highest BCUT2D eigenvalue weighted by atomic mass is 35.5. The van der Waals surface area contributed by atoms with E-state index in [0.29, 0.717) is 16.3 Å². The molecule has 0 aliphatic heterocycles. The molecule has 6 heteroatoms. The minimum atomic E-state index is -0.314. The molecule has 3 aromatic carbocycles. The van der Waals surface area contributed by atoms with Crippen LogP contribution in [0.1, 0.15) is 15.4 Å². The molecule has 1 heterocycles. The van der Waals surface area contributed by atoms with Gasteiger partial charge in [0.2, 0.25) is 5.78 Å². The molecule has 0 bridgehead atoms. The molecule has 0 aliphatic rings. The van der Waals surface area contributed by atoms with E-state index in [9.17, 15) is 9.59 Å². The average Bonchev–Trinajstić information content (AvgIpc) is 3.03. The van der Waals surface area contributed by atoms with Gasteiger partial charge in [-0.3, -0.25) is 9.59 Å². The van der Waals surface area contributed by atoms with Crippen molar-refractivity contribution >= 4 is 39.5 Å². The zero-order chi connectivity index (χ0) is 17.4. The molecule has 25 heavy (non-hydrogen) atoms. The van der Waals surface area contributed by atoms with Crippen LogP contribution in [0.4, 0.5) is 0 Å². The summed E-state index contributed by atoms with van der Waals surface area (Å²) in [5, 5.41) is 6.77. The third-order valence-electron chi connectivity index (χ3n) is 3.85. The number of halogens is 1. The molecule has 0 saturated heterocycles. The fourth-order valence-corrected chi connectivity index (χ4v) is 3.50. The predicted molar refractivity (Wildman–Crippen MR) is 100 cm³/mol. The lowest BCUT2D eigenvalue weighted by molar-refractivity contribution is 0.103. The minimum absolute atomic E-state index is 0.163. The second kappa shape index (κ2) is 6.27. The first kappa shape index (κ1) is 15.7. The van der Waals surface area contributed by atoms with Gasteiger partial charge in [-0.2, -0.15) is 4.68 Å². The lowest BCUT2D eigenvalue weighted by Gasteiger charge is -2.03. The summed E-state index contributed by atoms with van der Waals surface area (Å²) in [5.74, 6) is -0.258. The third kappa shape index (κ3) is 2.88. The maximum atomic E-state index is 12.9. The van der Waals surface area contributed by atoms with Crippen LogP contribution in [0.2, 0.25) is 5.02 Å². The number of carbonyl (C=O) groups excluding carboxylic acids is 1. The SMILES string of the molecule is O=C(c1nn(-c2ccc(Cl)cc2)c(=O)s1)c1cccc2ccccc12. The van der Waals surface area contributed by atoms with E-state index in [1.165, 1.54) is 4.68 Å². The Kier molecular flexibility index (Phi) is 3.95. The van der Waals surface area contributed by atoms with Crippen LogP contribution in [-0.2, 0) is 0 Å². The monoisotopic (exact) mass is 366 g/mol. The Bertz CT molecular complexity index is 1140. The molecule has 0 unspecified atom stereocenters. The van der Waals surface area contributed by atoms with Gasteiger partial charge in [0.25, 0.3) is 0 Å². The van der Waals surface area contributed by atoms with Crippen molar-refractivity contribution in [1.29, 1.82) is 0 Å². The second-order valence-corrected chi connectivity index (χ2v) is 6.79. The summed E-state index contributed by atoms with van der Waals surface area (Å²) in [6.07, 6.45) is 0. The number of nitrogens with zero attached hydrogens (tertiary/aromatic N) is 2. The number of carbonyl (C=O) groups is 1. The van der Waals surface area contributed by atoms with Gasteiger partial charge < -0.3 is 0 Å². The van der Waals surface area contributed by atoms with Crippen LogP contribution in [0.5, 0.6) is 0 Å². The van der Waals surface area contributed by atoms with Crippen molar-refractivity contribution in [2.45, 2.75) is 0 Å². The summed E-state index contributed by atoms with van der Waals surface area (Å²) in [6.45, 7) is 0. The van der Waals surface area contributed by atoms with E-state index in [0.717, 1.165) is 22.1 Å².